The molecule has 0 saturated heterocycles. The lowest BCUT2D eigenvalue weighted by Gasteiger charge is -2.09. The molecule has 3 unspecified atom stereocenters. The van der Waals surface area contributed by atoms with Crippen LogP contribution < -0.4 is 5.32 Å². The Morgan fingerprint density at radius 1 is 1.25 bits per heavy atom. The van der Waals surface area contributed by atoms with Crippen molar-refractivity contribution < 1.29 is 0 Å². The number of nitriles is 1. The SMILES string of the molecule is N#Cc1nccnc1NCC1C2Cc3ccccc3C12. The van der Waals surface area contributed by atoms with Crippen LogP contribution in [0.3, 0.4) is 0 Å². The summed E-state index contributed by atoms with van der Waals surface area (Å²) in [5, 5.41) is 12.3. The van der Waals surface area contributed by atoms with E-state index in [1.165, 1.54) is 17.5 Å². The number of aromatic nitrogens is 2. The molecule has 0 aliphatic heterocycles. The summed E-state index contributed by atoms with van der Waals surface area (Å²) in [6, 6.07) is 10.8. The van der Waals surface area contributed by atoms with Crippen molar-refractivity contribution in [2.24, 2.45) is 11.8 Å². The third-order valence-electron chi connectivity index (χ3n) is 4.51. The summed E-state index contributed by atoms with van der Waals surface area (Å²) in [6.07, 6.45) is 4.36. The normalized spacial score (nSPS) is 25.4. The maximum atomic E-state index is 9.00. The van der Waals surface area contributed by atoms with Crippen molar-refractivity contribution in [2.75, 3.05) is 11.9 Å². The van der Waals surface area contributed by atoms with Gasteiger partial charge in [0.2, 0.25) is 0 Å². The van der Waals surface area contributed by atoms with Crippen molar-refractivity contribution in [3.8, 4) is 6.07 Å². The first-order valence-electron chi connectivity index (χ1n) is 6.91. The van der Waals surface area contributed by atoms with Gasteiger partial charge in [0, 0.05) is 18.9 Å². The van der Waals surface area contributed by atoms with E-state index in [1.807, 2.05) is 0 Å². The van der Waals surface area contributed by atoms with Gasteiger partial charge >= 0.3 is 0 Å². The van der Waals surface area contributed by atoms with Crippen LogP contribution in [-0.4, -0.2) is 16.5 Å². The molecule has 20 heavy (non-hydrogen) atoms. The van der Waals surface area contributed by atoms with E-state index in [2.05, 4.69) is 45.6 Å². The number of rotatable bonds is 3. The van der Waals surface area contributed by atoms with Crippen LogP contribution in [0.15, 0.2) is 36.7 Å². The van der Waals surface area contributed by atoms with Crippen LogP contribution in [0.2, 0.25) is 0 Å². The average molecular weight is 262 g/mol. The molecular weight excluding hydrogens is 248 g/mol. The highest BCUT2D eigenvalue weighted by Crippen LogP contribution is 2.61. The van der Waals surface area contributed by atoms with Crippen LogP contribution in [0.25, 0.3) is 0 Å². The summed E-state index contributed by atoms with van der Waals surface area (Å²) in [5.74, 6) is 2.73. The Labute approximate surface area is 117 Å². The molecule has 0 amide bonds. The number of fused-ring (bicyclic) bond motifs is 3. The van der Waals surface area contributed by atoms with Crippen LogP contribution >= 0.6 is 0 Å². The zero-order valence-corrected chi connectivity index (χ0v) is 11.0. The molecule has 98 valence electrons. The highest BCUT2D eigenvalue weighted by molar-refractivity contribution is 5.48. The van der Waals surface area contributed by atoms with E-state index in [4.69, 9.17) is 5.26 Å². The van der Waals surface area contributed by atoms with Gasteiger partial charge < -0.3 is 5.32 Å². The van der Waals surface area contributed by atoms with Crippen molar-refractivity contribution in [2.45, 2.75) is 12.3 Å². The lowest BCUT2D eigenvalue weighted by Crippen LogP contribution is -2.10. The molecule has 4 nitrogen and oxygen atoms in total. The van der Waals surface area contributed by atoms with Gasteiger partial charge in [0.25, 0.3) is 0 Å². The zero-order chi connectivity index (χ0) is 13.5. The molecule has 0 bridgehead atoms. The van der Waals surface area contributed by atoms with Gasteiger partial charge in [-0.15, -0.1) is 0 Å². The first-order valence-corrected chi connectivity index (χ1v) is 6.91. The van der Waals surface area contributed by atoms with Gasteiger partial charge in [0.15, 0.2) is 11.5 Å². The number of benzene rings is 1. The Kier molecular flexibility index (Phi) is 2.46. The molecule has 1 N–H and O–H groups in total. The Hall–Kier alpha value is -2.41. The minimum atomic E-state index is 0.374. The molecule has 2 aliphatic rings. The van der Waals surface area contributed by atoms with E-state index in [1.54, 1.807) is 12.4 Å². The molecular formula is C16H14N4. The topological polar surface area (TPSA) is 61.6 Å². The number of nitrogens with one attached hydrogen (secondary N) is 1. The van der Waals surface area contributed by atoms with E-state index in [-0.39, 0.29) is 0 Å². The van der Waals surface area contributed by atoms with Crippen LogP contribution in [-0.2, 0) is 6.42 Å². The molecule has 4 heteroatoms. The highest BCUT2D eigenvalue weighted by Gasteiger charge is 2.54. The Balaban J connectivity index is 1.46. The van der Waals surface area contributed by atoms with E-state index < -0.39 is 0 Å². The van der Waals surface area contributed by atoms with Crippen LogP contribution in [0, 0.1) is 23.2 Å². The Bertz CT molecular complexity index is 704. The Morgan fingerprint density at radius 2 is 2.10 bits per heavy atom. The molecule has 1 saturated carbocycles. The molecule has 1 aromatic heterocycles. The molecule has 0 spiro atoms. The summed E-state index contributed by atoms with van der Waals surface area (Å²) in [5.41, 5.74) is 3.40. The van der Waals surface area contributed by atoms with Gasteiger partial charge in [-0.2, -0.15) is 5.26 Å². The Morgan fingerprint density at radius 3 is 3.00 bits per heavy atom. The fourth-order valence-electron chi connectivity index (χ4n) is 3.53. The summed E-state index contributed by atoms with van der Waals surface area (Å²) in [7, 11) is 0. The van der Waals surface area contributed by atoms with E-state index in [9.17, 15) is 0 Å². The van der Waals surface area contributed by atoms with Gasteiger partial charge in [-0.25, -0.2) is 9.97 Å². The summed E-state index contributed by atoms with van der Waals surface area (Å²) >= 11 is 0. The molecule has 1 fully saturated rings. The van der Waals surface area contributed by atoms with Gasteiger partial charge in [-0.1, -0.05) is 24.3 Å². The van der Waals surface area contributed by atoms with Gasteiger partial charge in [-0.3, -0.25) is 0 Å². The molecule has 2 aromatic rings. The molecule has 2 aliphatic carbocycles. The standard InChI is InChI=1S/C16H14N4/c17-8-14-16(19-6-5-18-14)20-9-13-12-7-10-3-1-2-4-11(10)15(12)13/h1-6,12-13,15H,7,9H2,(H,19,20). The van der Waals surface area contributed by atoms with Crippen molar-refractivity contribution in [1.29, 1.82) is 5.26 Å². The third kappa shape index (κ3) is 1.67. The number of hydrogen-bond donors (Lipinski definition) is 1. The molecule has 3 atom stereocenters. The van der Waals surface area contributed by atoms with Gasteiger partial charge in [-0.05, 0) is 35.3 Å². The van der Waals surface area contributed by atoms with Crippen LogP contribution in [0.5, 0.6) is 0 Å². The van der Waals surface area contributed by atoms with Gasteiger partial charge in [0.05, 0.1) is 0 Å². The number of nitrogens with zero attached hydrogens (tertiary/aromatic N) is 3. The minimum Gasteiger partial charge on any atom is -0.367 e. The second-order valence-electron chi connectivity index (χ2n) is 5.50. The summed E-state index contributed by atoms with van der Waals surface area (Å²) in [6.45, 7) is 0.872. The molecule has 0 radical (unpaired) electrons. The second-order valence-corrected chi connectivity index (χ2v) is 5.50. The van der Waals surface area contributed by atoms with Crippen LogP contribution in [0.1, 0.15) is 22.7 Å². The van der Waals surface area contributed by atoms with Crippen molar-refractivity contribution in [1.82, 2.24) is 9.97 Å². The number of hydrogen-bond acceptors (Lipinski definition) is 4. The average Bonchev–Trinajstić information content (AvgIpc) is 3.04. The lowest BCUT2D eigenvalue weighted by molar-refractivity contribution is 0.717. The number of anilines is 1. The van der Waals surface area contributed by atoms with Gasteiger partial charge in [0.1, 0.15) is 6.07 Å². The van der Waals surface area contributed by atoms with Crippen molar-refractivity contribution in [3.63, 3.8) is 0 Å². The maximum Gasteiger partial charge on any atom is 0.182 e. The fraction of sp³-hybridized carbons (Fsp3) is 0.312. The lowest BCUT2D eigenvalue weighted by atomic mass is 10.0. The summed E-state index contributed by atoms with van der Waals surface area (Å²) in [4.78, 5) is 8.21. The smallest absolute Gasteiger partial charge is 0.182 e. The molecule has 4 rings (SSSR count). The minimum absolute atomic E-state index is 0.374. The zero-order valence-electron chi connectivity index (χ0n) is 11.0. The third-order valence-corrected chi connectivity index (χ3v) is 4.51. The van der Waals surface area contributed by atoms with E-state index in [0.717, 1.165) is 12.5 Å². The predicted molar refractivity (Wildman–Crippen MR) is 75.1 cm³/mol. The van der Waals surface area contributed by atoms with E-state index in [0.29, 0.717) is 23.3 Å². The fourth-order valence-corrected chi connectivity index (χ4v) is 3.53. The first kappa shape index (κ1) is 11.4. The largest absolute Gasteiger partial charge is 0.367 e. The quantitative estimate of drug-likeness (QED) is 0.922. The first-order chi connectivity index (χ1) is 9.88. The monoisotopic (exact) mass is 262 g/mol. The van der Waals surface area contributed by atoms with Crippen molar-refractivity contribution >= 4 is 5.82 Å². The second kappa shape index (κ2) is 4.31. The van der Waals surface area contributed by atoms with E-state index >= 15 is 0 Å². The summed E-state index contributed by atoms with van der Waals surface area (Å²) < 4.78 is 0. The maximum absolute atomic E-state index is 9.00. The molecule has 1 aromatic carbocycles. The predicted octanol–water partition coefficient (Wildman–Crippen LogP) is 2.35. The highest BCUT2D eigenvalue weighted by atomic mass is 15.0. The molecule has 1 heterocycles. The van der Waals surface area contributed by atoms with Crippen molar-refractivity contribution in [3.05, 3.63) is 53.5 Å². The van der Waals surface area contributed by atoms with Crippen LogP contribution in [0.4, 0.5) is 5.82 Å².